The lowest BCUT2D eigenvalue weighted by molar-refractivity contribution is -0.152. The van der Waals surface area contributed by atoms with Crippen molar-refractivity contribution in [2.45, 2.75) is 12.5 Å². The molecule has 0 unspecified atom stereocenters. The fraction of sp³-hybridized carbons (Fsp3) is 0.273. The molecule has 0 aromatic carbocycles. The first kappa shape index (κ1) is 10.5. The number of nitrogens with zero attached hydrogens (tertiary/aromatic N) is 1. The van der Waals surface area contributed by atoms with E-state index < -0.39 is 5.97 Å². The van der Waals surface area contributed by atoms with Gasteiger partial charge in [0.25, 0.3) is 0 Å². The fourth-order valence-electron chi connectivity index (χ4n) is 1.59. The van der Waals surface area contributed by atoms with E-state index in [0.29, 0.717) is 12.2 Å². The van der Waals surface area contributed by atoms with Crippen molar-refractivity contribution in [3.8, 4) is 0 Å². The van der Waals surface area contributed by atoms with Gasteiger partial charge in [-0.15, -0.1) is 0 Å². The molecule has 1 N–H and O–H groups in total. The maximum Gasteiger partial charge on any atom is 0.323 e. The summed E-state index contributed by atoms with van der Waals surface area (Å²) in [4.78, 5) is 23.0. The molecule has 2 rings (SSSR count). The highest BCUT2D eigenvalue weighted by atomic mass is 16.4. The highest BCUT2D eigenvalue weighted by molar-refractivity contribution is 5.87. The van der Waals surface area contributed by atoms with Crippen molar-refractivity contribution in [1.29, 1.82) is 0 Å². The van der Waals surface area contributed by atoms with Gasteiger partial charge in [-0.2, -0.15) is 0 Å². The van der Waals surface area contributed by atoms with E-state index in [1.165, 1.54) is 4.90 Å². The first-order chi connectivity index (χ1) is 7.66. The molecule has 2 heterocycles. The molecule has 5 heteroatoms. The van der Waals surface area contributed by atoms with Gasteiger partial charge in [0.15, 0.2) is 0 Å². The molecule has 0 saturated carbocycles. The number of rotatable bonds is 4. The number of hydrogen-bond acceptors (Lipinski definition) is 3. The fourth-order valence-corrected chi connectivity index (χ4v) is 1.59. The lowest BCUT2D eigenvalue weighted by atomic mass is 10.0. The molecule has 1 aliphatic heterocycles. The Kier molecular flexibility index (Phi) is 2.76. The largest absolute Gasteiger partial charge is 0.480 e. The summed E-state index contributed by atoms with van der Waals surface area (Å²) in [6.07, 6.45) is 5.44. The number of furan rings is 1. The molecule has 1 fully saturated rings. The molecule has 0 aliphatic carbocycles. The Morgan fingerprint density at radius 3 is 3.06 bits per heavy atom. The lowest BCUT2D eigenvalue weighted by Crippen LogP contribution is -2.53. The molecule has 1 aromatic heterocycles. The van der Waals surface area contributed by atoms with E-state index in [1.54, 1.807) is 30.5 Å². The highest BCUT2D eigenvalue weighted by Crippen LogP contribution is 2.20. The van der Waals surface area contributed by atoms with Crippen LogP contribution in [-0.4, -0.2) is 34.5 Å². The minimum absolute atomic E-state index is 0.128. The zero-order valence-electron chi connectivity index (χ0n) is 8.50. The molecule has 16 heavy (non-hydrogen) atoms. The quantitative estimate of drug-likeness (QED) is 0.769. The average Bonchev–Trinajstić information content (AvgIpc) is 2.73. The molecule has 84 valence electrons. The number of aliphatic carboxylic acids is 1. The average molecular weight is 221 g/mol. The normalized spacial score (nSPS) is 20.1. The Morgan fingerprint density at radius 1 is 1.69 bits per heavy atom. The number of carbonyl (C=O) groups is 2. The predicted molar refractivity (Wildman–Crippen MR) is 55.5 cm³/mol. The van der Waals surface area contributed by atoms with Crippen LogP contribution in [0.2, 0.25) is 0 Å². The first-order valence-electron chi connectivity index (χ1n) is 4.90. The molecule has 1 amide bonds. The van der Waals surface area contributed by atoms with Crippen molar-refractivity contribution in [1.82, 2.24) is 4.90 Å². The van der Waals surface area contributed by atoms with Crippen molar-refractivity contribution in [3.05, 3.63) is 30.2 Å². The van der Waals surface area contributed by atoms with Crippen LogP contribution in [0.15, 0.2) is 28.9 Å². The van der Waals surface area contributed by atoms with Crippen LogP contribution in [0.5, 0.6) is 0 Å². The second-order valence-electron chi connectivity index (χ2n) is 3.56. The third kappa shape index (κ3) is 2.13. The molecule has 1 atom stereocenters. The van der Waals surface area contributed by atoms with Gasteiger partial charge in [0, 0.05) is 0 Å². The lowest BCUT2D eigenvalue weighted by Gasteiger charge is -2.37. The molecule has 0 radical (unpaired) electrons. The first-order valence-corrected chi connectivity index (χ1v) is 4.90. The second-order valence-corrected chi connectivity index (χ2v) is 3.56. The van der Waals surface area contributed by atoms with E-state index in [-0.39, 0.29) is 18.5 Å². The van der Waals surface area contributed by atoms with Gasteiger partial charge in [-0.3, -0.25) is 9.59 Å². The van der Waals surface area contributed by atoms with Gasteiger partial charge in [-0.1, -0.05) is 6.08 Å². The van der Waals surface area contributed by atoms with E-state index in [9.17, 15) is 9.59 Å². The summed E-state index contributed by atoms with van der Waals surface area (Å²) in [5.41, 5.74) is 0. The van der Waals surface area contributed by atoms with Crippen LogP contribution in [0.1, 0.15) is 12.2 Å². The number of carbonyl (C=O) groups excluding carboxylic acids is 1. The van der Waals surface area contributed by atoms with Gasteiger partial charge >= 0.3 is 5.97 Å². The van der Waals surface area contributed by atoms with Crippen LogP contribution in [0.25, 0.3) is 6.08 Å². The molecular formula is C11H11NO4. The van der Waals surface area contributed by atoms with Gasteiger partial charge in [0.05, 0.1) is 18.7 Å². The third-order valence-electron chi connectivity index (χ3n) is 2.44. The summed E-state index contributed by atoms with van der Waals surface area (Å²) in [5, 5.41) is 8.60. The van der Waals surface area contributed by atoms with Crippen molar-refractivity contribution < 1.29 is 19.1 Å². The maximum atomic E-state index is 11.1. The number of carboxylic acid groups (broad SMARTS) is 1. The van der Waals surface area contributed by atoms with Crippen LogP contribution >= 0.6 is 0 Å². The summed E-state index contributed by atoms with van der Waals surface area (Å²) < 4.78 is 5.09. The maximum absolute atomic E-state index is 11.1. The van der Waals surface area contributed by atoms with Crippen molar-refractivity contribution in [2.75, 3.05) is 6.54 Å². The van der Waals surface area contributed by atoms with Crippen LogP contribution < -0.4 is 0 Å². The molecule has 0 spiro atoms. The van der Waals surface area contributed by atoms with Crippen LogP contribution in [0.3, 0.4) is 0 Å². The topological polar surface area (TPSA) is 70.8 Å². The van der Waals surface area contributed by atoms with Crippen LogP contribution in [0, 0.1) is 0 Å². The molecule has 5 nitrogen and oxygen atoms in total. The molecule has 1 aliphatic rings. The van der Waals surface area contributed by atoms with Crippen LogP contribution in [-0.2, 0) is 9.59 Å². The zero-order chi connectivity index (χ0) is 11.5. The Hall–Kier alpha value is -2.04. The third-order valence-corrected chi connectivity index (χ3v) is 2.44. The standard InChI is InChI=1S/C11H11NO4/c13-10-6-8(12(10)7-11(14)15)3-4-9-2-1-5-16-9/h1-5,8H,6-7H2,(H,14,15)/b4-3+/t8-/m1/s1. The van der Waals surface area contributed by atoms with Crippen molar-refractivity contribution in [3.63, 3.8) is 0 Å². The molecule has 0 bridgehead atoms. The summed E-state index contributed by atoms with van der Waals surface area (Å²) >= 11 is 0. The Balaban J connectivity index is 1.96. The van der Waals surface area contributed by atoms with E-state index in [0.717, 1.165) is 0 Å². The molecule has 1 aromatic rings. The van der Waals surface area contributed by atoms with E-state index in [1.807, 2.05) is 0 Å². The summed E-state index contributed by atoms with van der Waals surface area (Å²) in [7, 11) is 0. The van der Waals surface area contributed by atoms with Crippen LogP contribution in [0.4, 0.5) is 0 Å². The van der Waals surface area contributed by atoms with Crippen molar-refractivity contribution >= 4 is 18.0 Å². The van der Waals surface area contributed by atoms with E-state index >= 15 is 0 Å². The Labute approximate surface area is 92.0 Å². The number of β-lactam (4-membered cyclic amide) rings is 1. The monoisotopic (exact) mass is 221 g/mol. The predicted octanol–water partition coefficient (Wildman–Crippen LogP) is 0.978. The van der Waals surface area contributed by atoms with Gasteiger partial charge in [-0.05, 0) is 18.2 Å². The molecular weight excluding hydrogens is 210 g/mol. The van der Waals surface area contributed by atoms with Gasteiger partial charge in [-0.25, -0.2) is 0 Å². The molecule has 1 saturated heterocycles. The van der Waals surface area contributed by atoms with Gasteiger partial charge in [0.1, 0.15) is 12.3 Å². The summed E-state index contributed by atoms with van der Waals surface area (Å²) in [5.74, 6) is -0.435. The van der Waals surface area contributed by atoms with E-state index in [2.05, 4.69) is 0 Å². The minimum Gasteiger partial charge on any atom is -0.480 e. The Morgan fingerprint density at radius 2 is 2.50 bits per heavy atom. The SMILES string of the molecule is O=C(O)CN1C(=O)C[C@H]1/C=C/c1ccco1. The van der Waals surface area contributed by atoms with Gasteiger partial charge < -0.3 is 14.4 Å². The van der Waals surface area contributed by atoms with Crippen molar-refractivity contribution in [2.24, 2.45) is 0 Å². The number of amides is 1. The number of hydrogen-bond donors (Lipinski definition) is 1. The Bertz CT molecular complexity index is 421. The number of likely N-dealkylation sites (tertiary alicyclic amines) is 1. The smallest absolute Gasteiger partial charge is 0.323 e. The van der Waals surface area contributed by atoms with Gasteiger partial charge in [0.2, 0.25) is 5.91 Å². The minimum atomic E-state index is -0.996. The number of carboxylic acids is 1. The summed E-state index contributed by atoms with van der Waals surface area (Å²) in [6, 6.07) is 3.42. The highest BCUT2D eigenvalue weighted by Gasteiger charge is 2.35. The van der Waals surface area contributed by atoms with E-state index in [4.69, 9.17) is 9.52 Å². The summed E-state index contributed by atoms with van der Waals surface area (Å²) in [6.45, 7) is -0.244. The second kappa shape index (κ2) is 4.22. The zero-order valence-corrected chi connectivity index (χ0v) is 8.50.